The van der Waals surface area contributed by atoms with E-state index < -0.39 is 0 Å². The van der Waals surface area contributed by atoms with Gasteiger partial charge in [-0.3, -0.25) is 0 Å². The number of rotatable bonds is 5. The van der Waals surface area contributed by atoms with E-state index in [0.717, 1.165) is 18.3 Å². The van der Waals surface area contributed by atoms with Gasteiger partial charge in [-0.2, -0.15) is 0 Å². The molecule has 1 aromatic rings. The molecule has 1 aliphatic rings. The SMILES string of the molecule is CC(C)CC1(CNc2cnc(N)cn2)CCCC1. The monoisotopic (exact) mass is 248 g/mol. The molecule has 0 amide bonds. The molecule has 1 aromatic heterocycles. The van der Waals surface area contributed by atoms with Crippen molar-refractivity contribution >= 4 is 11.6 Å². The predicted molar refractivity (Wildman–Crippen MR) is 75.3 cm³/mol. The minimum atomic E-state index is 0.456. The molecule has 1 heterocycles. The van der Waals surface area contributed by atoms with Gasteiger partial charge in [0.2, 0.25) is 0 Å². The molecule has 4 nitrogen and oxygen atoms in total. The minimum Gasteiger partial charge on any atom is -0.382 e. The van der Waals surface area contributed by atoms with Gasteiger partial charge in [0, 0.05) is 6.54 Å². The van der Waals surface area contributed by atoms with Gasteiger partial charge in [-0.25, -0.2) is 9.97 Å². The highest BCUT2D eigenvalue weighted by atomic mass is 15.0. The van der Waals surface area contributed by atoms with Crippen molar-refractivity contribution in [3.05, 3.63) is 12.4 Å². The second kappa shape index (κ2) is 5.55. The summed E-state index contributed by atoms with van der Waals surface area (Å²) in [6, 6.07) is 0. The fourth-order valence-corrected chi connectivity index (χ4v) is 3.15. The lowest BCUT2D eigenvalue weighted by Gasteiger charge is -2.31. The maximum Gasteiger partial charge on any atom is 0.144 e. The van der Waals surface area contributed by atoms with Crippen LogP contribution in [0.5, 0.6) is 0 Å². The van der Waals surface area contributed by atoms with Crippen LogP contribution in [-0.2, 0) is 0 Å². The van der Waals surface area contributed by atoms with Crippen LogP contribution in [0.4, 0.5) is 11.6 Å². The summed E-state index contributed by atoms with van der Waals surface area (Å²) in [5.74, 6) is 2.06. The Balaban J connectivity index is 1.95. The largest absolute Gasteiger partial charge is 0.382 e. The van der Waals surface area contributed by atoms with E-state index >= 15 is 0 Å². The maximum absolute atomic E-state index is 5.54. The number of aromatic nitrogens is 2. The molecule has 4 heteroatoms. The molecule has 0 atom stereocenters. The third-order valence-electron chi connectivity index (χ3n) is 3.82. The van der Waals surface area contributed by atoms with Crippen molar-refractivity contribution in [2.24, 2.45) is 11.3 Å². The zero-order valence-corrected chi connectivity index (χ0v) is 11.4. The van der Waals surface area contributed by atoms with Crippen LogP contribution in [0.15, 0.2) is 12.4 Å². The topological polar surface area (TPSA) is 63.8 Å². The minimum absolute atomic E-state index is 0.456. The van der Waals surface area contributed by atoms with Crippen LogP contribution in [0.1, 0.15) is 46.0 Å². The van der Waals surface area contributed by atoms with Crippen molar-refractivity contribution < 1.29 is 0 Å². The van der Waals surface area contributed by atoms with E-state index in [-0.39, 0.29) is 0 Å². The van der Waals surface area contributed by atoms with E-state index in [1.807, 2.05) is 0 Å². The molecule has 2 rings (SSSR count). The Hall–Kier alpha value is -1.32. The molecule has 1 aliphatic carbocycles. The van der Waals surface area contributed by atoms with Gasteiger partial charge >= 0.3 is 0 Å². The standard InChI is InChI=1S/C14H24N4/c1-11(2)7-14(5-3-4-6-14)10-18-13-9-16-12(15)8-17-13/h8-9,11H,3-7,10H2,1-2H3,(H2,15,16)(H,17,18). The molecule has 1 saturated carbocycles. The first-order valence-electron chi connectivity index (χ1n) is 6.91. The molecule has 100 valence electrons. The van der Waals surface area contributed by atoms with Gasteiger partial charge in [-0.1, -0.05) is 26.7 Å². The van der Waals surface area contributed by atoms with Crippen molar-refractivity contribution in [2.75, 3.05) is 17.6 Å². The average molecular weight is 248 g/mol. The average Bonchev–Trinajstić information content (AvgIpc) is 2.76. The first kappa shape index (κ1) is 13.1. The normalized spacial score (nSPS) is 18.2. The van der Waals surface area contributed by atoms with E-state index in [0.29, 0.717) is 11.2 Å². The quantitative estimate of drug-likeness (QED) is 0.840. The fraction of sp³-hybridized carbons (Fsp3) is 0.714. The summed E-state index contributed by atoms with van der Waals surface area (Å²) in [5, 5.41) is 3.43. The summed E-state index contributed by atoms with van der Waals surface area (Å²) in [4.78, 5) is 8.31. The Kier molecular flexibility index (Phi) is 4.04. The van der Waals surface area contributed by atoms with Crippen molar-refractivity contribution in [3.63, 3.8) is 0 Å². The second-order valence-electron chi connectivity index (χ2n) is 5.99. The van der Waals surface area contributed by atoms with Gasteiger partial charge in [0.25, 0.3) is 0 Å². The first-order chi connectivity index (χ1) is 8.60. The molecule has 0 saturated heterocycles. The number of hydrogen-bond acceptors (Lipinski definition) is 4. The van der Waals surface area contributed by atoms with Gasteiger partial charge in [-0.15, -0.1) is 0 Å². The van der Waals surface area contributed by atoms with Gasteiger partial charge in [-0.05, 0) is 30.6 Å². The van der Waals surface area contributed by atoms with Gasteiger partial charge in [0.15, 0.2) is 0 Å². The zero-order valence-electron chi connectivity index (χ0n) is 11.4. The van der Waals surface area contributed by atoms with Crippen LogP contribution >= 0.6 is 0 Å². The van der Waals surface area contributed by atoms with Gasteiger partial charge in [0.1, 0.15) is 11.6 Å². The van der Waals surface area contributed by atoms with Crippen LogP contribution < -0.4 is 11.1 Å². The summed E-state index contributed by atoms with van der Waals surface area (Å²) in [7, 11) is 0. The Bertz CT molecular complexity index is 366. The fourth-order valence-electron chi connectivity index (χ4n) is 3.15. The Morgan fingerprint density at radius 2 is 2.00 bits per heavy atom. The van der Waals surface area contributed by atoms with E-state index in [1.165, 1.54) is 32.1 Å². The summed E-state index contributed by atoms with van der Waals surface area (Å²) < 4.78 is 0. The lowest BCUT2D eigenvalue weighted by molar-refractivity contribution is 0.252. The van der Waals surface area contributed by atoms with Crippen LogP contribution in [0.25, 0.3) is 0 Å². The molecular weight excluding hydrogens is 224 g/mol. The van der Waals surface area contributed by atoms with Crippen molar-refractivity contribution in [2.45, 2.75) is 46.0 Å². The summed E-state index contributed by atoms with van der Waals surface area (Å²) >= 11 is 0. The molecule has 3 N–H and O–H groups in total. The molecule has 0 aromatic carbocycles. The second-order valence-corrected chi connectivity index (χ2v) is 5.99. The van der Waals surface area contributed by atoms with E-state index in [4.69, 9.17) is 5.73 Å². The molecule has 0 unspecified atom stereocenters. The van der Waals surface area contributed by atoms with Crippen molar-refractivity contribution in [3.8, 4) is 0 Å². The first-order valence-corrected chi connectivity index (χ1v) is 6.91. The summed E-state index contributed by atoms with van der Waals surface area (Å²) in [6.45, 7) is 5.62. The highest BCUT2D eigenvalue weighted by Gasteiger charge is 2.34. The number of nitrogens with one attached hydrogen (secondary N) is 1. The smallest absolute Gasteiger partial charge is 0.144 e. The highest BCUT2D eigenvalue weighted by molar-refractivity contribution is 5.36. The molecule has 0 aliphatic heterocycles. The highest BCUT2D eigenvalue weighted by Crippen LogP contribution is 2.43. The molecule has 0 bridgehead atoms. The third kappa shape index (κ3) is 3.34. The lowest BCUT2D eigenvalue weighted by atomic mass is 9.78. The predicted octanol–water partition coefficient (Wildman–Crippen LogP) is 3.08. The Morgan fingerprint density at radius 3 is 2.56 bits per heavy atom. The van der Waals surface area contributed by atoms with Crippen molar-refractivity contribution in [1.82, 2.24) is 9.97 Å². The molecule has 0 radical (unpaired) electrons. The van der Waals surface area contributed by atoms with E-state index in [1.54, 1.807) is 12.4 Å². The Morgan fingerprint density at radius 1 is 1.28 bits per heavy atom. The maximum atomic E-state index is 5.54. The zero-order chi connectivity index (χ0) is 13.0. The Labute approximate surface area is 109 Å². The van der Waals surface area contributed by atoms with Crippen LogP contribution in [0.3, 0.4) is 0 Å². The number of anilines is 2. The summed E-state index contributed by atoms with van der Waals surface area (Å²) in [6.07, 6.45) is 10.0. The number of hydrogen-bond donors (Lipinski definition) is 2. The lowest BCUT2D eigenvalue weighted by Crippen LogP contribution is -2.28. The van der Waals surface area contributed by atoms with E-state index in [9.17, 15) is 0 Å². The van der Waals surface area contributed by atoms with Crippen LogP contribution in [0.2, 0.25) is 0 Å². The van der Waals surface area contributed by atoms with E-state index in [2.05, 4.69) is 29.1 Å². The molecule has 0 spiro atoms. The number of nitrogen functional groups attached to an aromatic ring is 1. The van der Waals surface area contributed by atoms with Gasteiger partial charge < -0.3 is 11.1 Å². The number of nitrogens with zero attached hydrogens (tertiary/aromatic N) is 2. The third-order valence-corrected chi connectivity index (χ3v) is 3.82. The van der Waals surface area contributed by atoms with Crippen molar-refractivity contribution in [1.29, 1.82) is 0 Å². The number of nitrogens with two attached hydrogens (primary N) is 1. The molecular formula is C14H24N4. The molecule has 18 heavy (non-hydrogen) atoms. The molecule has 1 fully saturated rings. The van der Waals surface area contributed by atoms with Crippen LogP contribution in [-0.4, -0.2) is 16.5 Å². The van der Waals surface area contributed by atoms with Crippen LogP contribution in [0, 0.1) is 11.3 Å². The van der Waals surface area contributed by atoms with Gasteiger partial charge in [0.05, 0.1) is 12.4 Å². The summed E-state index contributed by atoms with van der Waals surface area (Å²) in [5.41, 5.74) is 5.99.